The highest BCUT2D eigenvalue weighted by atomic mass is 19.1. The van der Waals surface area contributed by atoms with Crippen LogP contribution in [0.1, 0.15) is 50.6 Å². The standard InChI is InChI=1S/C21H27FN4O3/c1-4-6-7-14(8-9-15(27)5-2)26(3)20-18(22)16-11-23-21(28)17(16)19(25-20)13-10-24-29-12-13/h5,10,12,14,17,19H,2,4,6-9,11H2,1,3H3,(H,23,28)/t14-,17?,19?/m1/s1. The second-order valence-corrected chi connectivity index (χ2v) is 7.51. The second kappa shape index (κ2) is 9.15. The van der Waals surface area contributed by atoms with Crippen molar-refractivity contribution < 1.29 is 18.5 Å². The molecule has 1 aromatic rings. The zero-order valence-electron chi connectivity index (χ0n) is 16.9. The predicted octanol–water partition coefficient (Wildman–Crippen LogP) is 3.12. The molecule has 3 atom stereocenters. The van der Waals surface area contributed by atoms with Crippen molar-refractivity contribution in [2.75, 3.05) is 13.6 Å². The van der Waals surface area contributed by atoms with Crippen LogP contribution in [0.2, 0.25) is 0 Å². The normalized spacial score (nSPS) is 22.0. The highest BCUT2D eigenvalue weighted by Crippen LogP contribution is 2.41. The van der Waals surface area contributed by atoms with Gasteiger partial charge in [-0.05, 0) is 18.9 Å². The molecule has 0 radical (unpaired) electrons. The molecule has 7 nitrogen and oxygen atoms in total. The van der Waals surface area contributed by atoms with E-state index < -0.39 is 17.8 Å². The van der Waals surface area contributed by atoms with Gasteiger partial charge in [0.1, 0.15) is 6.26 Å². The van der Waals surface area contributed by atoms with Gasteiger partial charge in [0, 0.05) is 37.2 Å². The lowest BCUT2D eigenvalue weighted by molar-refractivity contribution is -0.122. The van der Waals surface area contributed by atoms with E-state index >= 15 is 4.39 Å². The summed E-state index contributed by atoms with van der Waals surface area (Å²) in [6.45, 7) is 5.78. The summed E-state index contributed by atoms with van der Waals surface area (Å²) in [5.41, 5.74) is 1.05. The van der Waals surface area contributed by atoms with Crippen LogP contribution in [-0.4, -0.2) is 47.2 Å². The maximum atomic E-state index is 15.4. The lowest BCUT2D eigenvalue weighted by Gasteiger charge is -2.34. The van der Waals surface area contributed by atoms with Crippen molar-refractivity contribution >= 4 is 17.5 Å². The summed E-state index contributed by atoms with van der Waals surface area (Å²) in [5.74, 6) is -1.21. The zero-order chi connectivity index (χ0) is 21.0. The van der Waals surface area contributed by atoms with Crippen LogP contribution in [0.4, 0.5) is 4.39 Å². The van der Waals surface area contributed by atoms with Crippen LogP contribution in [0.15, 0.2) is 46.0 Å². The number of hydrogen-bond acceptors (Lipinski definition) is 6. The highest BCUT2D eigenvalue weighted by molar-refractivity contribution is 6.01. The molecule has 0 spiro atoms. The van der Waals surface area contributed by atoms with E-state index in [1.54, 1.807) is 7.05 Å². The monoisotopic (exact) mass is 402 g/mol. The van der Waals surface area contributed by atoms with Gasteiger partial charge in [-0.1, -0.05) is 31.5 Å². The molecule has 2 unspecified atom stereocenters. The number of hydrogen-bond donors (Lipinski definition) is 1. The van der Waals surface area contributed by atoms with E-state index in [9.17, 15) is 9.59 Å². The minimum absolute atomic E-state index is 0.0303. The third-order valence-corrected chi connectivity index (χ3v) is 5.68. The van der Waals surface area contributed by atoms with Crippen molar-refractivity contribution in [2.24, 2.45) is 10.9 Å². The number of carbonyl (C=O) groups is 2. The van der Waals surface area contributed by atoms with E-state index in [-0.39, 0.29) is 30.1 Å². The fraction of sp³-hybridized carbons (Fsp3) is 0.524. The van der Waals surface area contributed by atoms with Gasteiger partial charge in [-0.2, -0.15) is 0 Å². The molecule has 1 fully saturated rings. The van der Waals surface area contributed by atoms with Gasteiger partial charge in [-0.15, -0.1) is 0 Å². The maximum Gasteiger partial charge on any atom is 0.230 e. The van der Waals surface area contributed by atoms with Crippen molar-refractivity contribution in [3.05, 3.63) is 42.1 Å². The third kappa shape index (κ3) is 4.31. The quantitative estimate of drug-likeness (QED) is 0.641. The smallest absolute Gasteiger partial charge is 0.230 e. The van der Waals surface area contributed by atoms with Crippen LogP contribution in [-0.2, 0) is 9.59 Å². The molecule has 3 heterocycles. The van der Waals surface area contributed by atoms with Gasteiger partial charge in [-0.25, -0.2) is 4.39 Å². The molecule has 1 N–H and O–H groups in total. The molecular weight excluding hydrogens is 375 g/mol. The number of halogens is 1. The maximum absolute atomic E-state index is 15.4. The molecule has 3 rings (SSSR count). The average Bonchev–Trinajstić information content (AvgIpc) is 3.38. The Labute approximate surface area is 169 Å². The molecule has 29 heavy (non-hydrogen) atoms. The first kappa shape index (κ1) is 21.0. The minimum Gasteiger partial charge on any atom is -0.364 e. The van der Waals surface area contributed by atoms with Crippen LogP contribution in [0.3, 0.4) is 0 Å². The molecule has 8 heteroatoms. The number of carbonyl (C=O) groups excluding carboxylic acids is 2. The first-order valence-electron chi connectivity index (χ1n) is 9.99. The molecule has 156 valence electrons. The number of likely N-dealkylation sites (N-methyl/N-ethyl adjacent to an activating group) is 1. The Kier molecular flexibility index (Phi) is 6.61. The van der Waals surface area contributed by atoms with E-state index in [1.165, 1.54) is 18.5 Å². The van der Waals surface area contributed by atoms with Crippen molar-refractivity contribution in [3.63, 3.8) is 0 Å². The molecule has 2 aliphatic heterocycles. The molecule has 0 aliphatic carbocycles. The largest absolute Gasteiger partial charge is 0.364 e. The summed E-state index contributed by atoms with van der Waals surface area (Å²) < 4.78 is 20.3. The Morgan fingerprint density at radius 3 is 2.97 bits per heavy atom. The van der Waals surface area contributed by atoms with Crippen LogP contribution in [0.5, 0.6) is 0 Å². The Hall–Kier alpha value is -2.77. The van der Waals surface area contributed by atoms with E-state index in [0.29, 0.717) is 24.0 Å². The van der Waals surface area contributed by atoms with Gasteiger partial charge in [0.2, 0.25) is 5.91 Å². The SMILES string of the molecule is C=CC(=O)CC[C@@H](CCCC)N(C)C1=NC(c2cnoc2)C2C(=O)NCC2=C1F. The Bertz CT molecular complexity index is 831. The topological polar surface area (TPSA) is 87.8 Å². The number of ketones is 1. The second-order valence-electron chi connectivity index (χ2n) is 7.51. The predicted molar refractivity (Wildman–Crippen MR) is 107 cm³/mol. The number of amidine groups is 1. The molecule has 0 aromatic carbocycles. The molecule has 0 saturated carbocycles. The number of nitrogens with one attached hydrogen (secondary N) is 1. The fourth-order valence-electron chi connectivity index (χ4n) is 3.94. The lowest BCUT2D eigenvalue weighted by Crippen LogP contribution is -2.41. The molecule has 1 aromatic heterocycles. The lowest BCUT2D eigenvalue weighted by atomic mass is 9.87. The number of allylic oxidation sites excluding steroid dienone is 1. The minimum atomic E-state index is -0.692. The van der Waals surface area contributed by atoms with E-state index in [4.69, 9.17) is 4.52 Å². The van der Waals surface area contributed by atoms with Crippen LogP contribution in [0, 0.1) is 5.92 Å². The van der Waals surface area contributed by atoms with Gasteiger partial charge < -0.3 is 14.7 Å². The number of aliphatic imine (C=N–C) groups is 1. The van der Waals surface area contributed by atoms with E-state index in [2.05, 4.69) is 29.0 Å². The number of unbranched alkanes of at least 4 members (excludes halogenated alkanes) is 1. The Morgan fingerprint density at radius 2 is 2.31 bits per heavy atom. The number of aromatic nitrogens is 1. The van der Waals surface area contributed by atoms with Gasteiger partial charge in [0.05, 0.1) is 18.2 Å². The third-order valence-electron chi connectivity index (χ3n) is 5.68. The number of dihydropyridines is 1. The van der Waals surface area contributed by atoms with E-state index in [1.807, 2.05) is 4.90 Å². The summed E-state index contributed by atoms with van der Waals surface area (Å²) in [5, 5.41) is 6.43. The van der Waals surface area contributed by atoms with Crippen LogP contribution >= 0.6 is 0 Å². The van der Waals surface area contributed by atoms with Gasteiger partial charge in [0.15, 0.2) is 17.4 Å². The molecular formula is C21H27FN4O3. The zero-order valence-corrected chi connectivity index (χ0v) is 16.9. The molecule has 1 saturated heterocycles. The first-order valence-corrected chi connectivity index (χ1v) is 9.99. The summed E-state index contributed by atoms with van der Waals surface area (Å²) >= 11 is 0. The average molecular weight is 402 g/mol. The van der Waals surface area contributed by atoms with Gasteiger partial charge in [-0.3, -0.25) is 14.6 Å². The van der Waals surface area contributed by atoms with E-state index in [0.717, 1.165) is 19.3 Å². The van der Waals surface area contributed by atoms with Crippen molar-refractivity contribution in [1.29, 1.82) is 0 Å². The summed E-state index contributed by atoms with van der Waals surface area (Å²) in [6.07, 6.45) is 7.98. The summed E-state index contributed by atoms with van der Waals surface area (Å²) in [4.78, 5) is 30.5. The molecule has 2 aliphatic rings. The summed E-state index contributed by atoms with van der Waals surface area (Å²) in [7, 11) is 1.80. The van der Waals surface area contributed by atoms with Crippen LogP contribution < -0.4 is 5.32 Å². The van der Waals surface area contributed by atoms with Crippen LogP contribution in [0.25, 0.3) is 0 Å². The van der Waals surface area contributed by atoms with Gasteiger partial charge >= 0.3 is 0 Å². The Morgan fingerprint density at radius 1 is 1.52 bits per heavy atom. The number of rotatable bonds is 9. The highest BCUT2D eigenvalue weighted by Gasteiger charge is 2.44. The molecule has 1 amide bonds. The first-order chi connectivity index (χ1) is 14.0. The molecule has 0 bridgehead atoms. The number of amides is 1. The van der Waals surface area contributed by atoms with Gasteiger partial charge in [0.25, 0.3) is 0 Å². The number of nitrogens with zero attached hydrogens (tertiary/aromatic N) is 3. The number of fused-ring (bicyclic) bond motifs is 1. The summed E-state index contributed by atoms with van der Waals surface area (Å²) in [6, 6.07) is -0.633. The van der Waals surface area contributed by atoms with Crippen molar-refractivity contribution in [3.8, 4) is 0 Å². The fourth-order valence-corrected chi connectivity index (χ4v) is 3.94. The van der Waals surface area contributed by atoms with Crippen molar-refractivity contribution in [1.82, 2.24) is 15.4 Å². The Balaban J connectivity index is 1.92. The van der Waals surface area contributed by atoms with Crippen molar-refractivity contribution in [2.45, 2.75) is 51.1 Å².